The zero-order chi connectivity index (χ0) is 14.8. The van der Waals surface area contributed by atoms with Crippen molar-refractivity contribution in [3.63, 3.8) is 0 Å². The second-order valence-electron chi connectivity index (χ2n) is 4.77. The SMILES string of the molecule is COc1cc(OC)cc(S(=O)(=O)N2CCNC(C)C2)c1. The molecule has 1 fully saturated rings. The largest absolute Gasteiger partial charge is 0.497 e. The number of methoxy groups -OCH3 is 2. The molecule has 0 aromatic heterocycles. The first-order valence-electron chi connectivity index (χ1n) is 6.44. The van der Waals surface area contributed by atoms with Crippen molar-refractivity contribution in [1.29, 1.82) is 0 Å². The van der Waals surface area contributed by atoms with Gasteiger partial charge in [-0.05, 0) is 6.92 Å². The van der Waals surface area contributed by atoms with E-state index in [1.807, 2.05) is 6.92 Å². The number of hydrogen-bond acceptors (Lipinski definition) is 5. The molecule has 112 valence electrons. The lowest BCUT2D eigenvalue weighted by atomic mass is 10.3. The third kappa shape index (κ3) is 3.05. The number of ether oxygens (including phenoxy) is 2. The number of benzene rings is 1. The van der Waals surface area contributed by atoms with E-state index in [2.05, 4.69) is 5.32 Å². The van der Waals surface area contributed by atoms with E-state index in [-0.39, 0.29) is 10.9 Å². The summed E-state index contributed by atoms with van der Waals surface area (Å²) in [5.74, 6) is 0.928. The number of nitrogens with one attached hydrogen (secondary N) is 1. The Labute approximate surface area is 119 Å². The maximum absolute atomic E-state index is 12.7. The first-order valence-corrected chi connectivity index (χ1v) is 7.88. The molecule has 1 saturated heterocycles. The van der Waals surface area contributed by atoms with Gasteiger partial charge in [0.15, 0.2) is 0 Å². The smallest absolute Gasteiger partial charge is 0.243 e. The van der Waals surface area contributed by atoms with E-state index in [1.54, 1.807) is 6.07 Å². The molecule has 0 amide bonds. The van der Waals surface area contributed by atoms with Crippen LogP contribution in [0.1, 0.15) is 6.92 Å². The van der Waals surface area contributed by atoms with Gasteiger partial charge in [0.05, 0.1) is 19.1 Å². The van der Waals surface area contributed by atoms with E-state index in [1.165, 1.54) is 30.7 Å². The molecule has 1 heterocycles. The molecular formula is C13H20N2O4S. The Morgan fingerprint density at radius 2 is 1.80 bits per heavy atom. The molecule has 1 N–H and O–H groups in total. The highest BCUT2D eigenvalue weighted by Crippen LogP contribution is 2.27. The molecule has 0 radical (unpaired) electrons. The number of rotatable bonds is 4. The number of hydrogen-bond donors (Lipinski definition) is 1. The summed E-state index contributed by atoms with van der Waals surface area (Å²) in [5.41, 5.74) is 0. The lowest BCUT2D eigenvalue weighted by Gasteiger charge is -2.31. The highest BCUT2D eigenvalue weighted by atomic mass is 32.2. The Bertz CT molecular complexity index is 551. The van der Waals surface area contributed by atoms with Crippen molar-refractivity contribution < 1.29 is 17.9 Å². The number of sulfonamides is 1. The predicted octanol–water partition coefficient (Wildman–Crippen LogP) is 0.686. The van der Waals surface area contributed by atoms with Crippen molar-refractivity contribution in [2.24, 2.45) is 0 Å². The Morgan fingerprint density at radius 3 is 2.30 bits per heavy atom. The molecule has 0 aliphatic carbocycles. The molecule has 1 aromatic carbocycles. The van der Waals surface area contributed by atoms with Crippen molar-refractivity contribution in [3.05, 3.63) is 18.2 Å². The first kappa shape index (κ1) is 15.1. The third-order valence-corrected chi connectivity index (χ3v) is 5.14. The van der Waals surface area contributed by atoms with Crippen LogP contribution in [-0.2, 0) is 10.0 Å². The Kier molecular flexibility index (Phi) is 4.52. The van der Waals surface area contributed by atoms with E-state index in [0.29, 0.717) is 31.1 Å². The normalized spacial score (nSPS) is 20.6. The molecule has 20 heavy (non-hydrogen) atoms. The average Bonchev–Trinajstić information content (AvgIpc) is 2.46. The predicted molar refractivity (Wildman–Crippen MR) is 75.8 cm³/mol. The minimum Gasteiger partial charge on any atom is -0.497 e. The van der Waals surface area contributed by atoms with Gasteiger partial charge in [-0.1, -0.05) is 0 Å². The lowest BCUT2D eigenvalue weighted by molar-refractivity contribution is 0.310. The van der Waals surface area contributed by atoms with Crippen LogP contribution in [0.2, 0.25) is 0 Å². The van der Waals surface area contributed by atoms with Crippen molar-refractivity contribution >= 4 is 10.0 Å². The molecule has 7 heteroatoms. The Morgan fingerprint density at radius 1 is 1.20 bits per heavy atom. The van der Waals surface area contributed by atoms with Crippen molar-refractivity contribution in [3.8, 4) is 11.5 Å². The highest BCUT2D eigenvalue weighted by molar-refractivity contribution is 7.89. The fraction of sp³-hybridized carbons (Fsp3) is 0.538. The highest BCUT2D eigenvalue weighted by Gasteiger charge is 2.29. The van der Waals surface area contributed by atoms with Gasteiger partial charge in [-0.15, -0.1) is 0 Å². The Hall–Kier alpha value is -1.31. The molecule has 1 atom stereocenters. The Balaban J connectivity index is 2.37. The summed E-state index contributed by atoms with van der Waals surface area (Å²) < 4.78 is 37.1. The van der Waals surface area contributed by atoms with Crippen LogP contribution in [0.15, 0.2) is 23.1 Å². The van der Waals surface area contributed by atoms with Crippen LogP contribution < -0.4 is 14.8 Å². The topological polar surface area (TPSA) is 67.9 Å². The van der Waals surface area contributed by atoms with Crippen molar-refractivity contribution in [2.45, 2.75) is 17.9 Å². The second kappa shape index (κ2) is 5.99. The zero-order valence-corrected chi connectivity index (χ0v) is 12.7. The minimum atomic E-state index is -3.53. The van der Waals surface area contributed by atoms with Gasteiger partial charge in [0.2, 0.25) is 10.0 Å². The van der Waals surface area contributed by atoms with E-state index in [9.17, 15) is 8.42 Å². The van der Waals surface area contributed by atoms with E-state index in [4.69, 9.17) is 9.47 Å². The first-order chi connectivity index (χ1) is 9.47. The standard InChI is InChI=1S/C13H20N2O4S/c1-10-9-15(5-4-14-10)20(16,17)13-7-11(18-2)6-12(8-13)19-3/h6-8,10,14H,4-5,9H2,1-3H3. The van der Waals surface area contributed by atoms with Crippen molar-refractivity contribution in [1.82, 2.24) is 9.62 Å². The third-order valence-electron chi connectivity index (χ3n) is 3.29. The summed E-state index contributed by atoms with van der Waals surface area (Å²) in [7, 11) is -0.531. The molecule has 1 aliphatic rings. The van der Waals surface area contributed by atoms with Crippen LogP contribution >= 0.6 is 0 Å². The van der Waals surface area contributed by atoms with Gasteiger partial charge >= 0.3 is 0 Å². The van der Waals surface area contributed by atoms with E-state index >= 15 is 0 Å². The van der Waals surface area contributed by atoms with E-state index < -0.39 is 10.0 Å². The maximum atomic E-state index is 12.7. The van der Waals surface area contributed by atoms with Crippen LogP contribution in [0.4, 0.5) is 0 Å². The molecule has 0 saturated carbocycles. The van der Waals surface area contributed by atoms with Gasteiger partial charge in [-0.3, -0.25) is 0 Å². The molecule has 1 unspecified atom stereocenters. The van der Waals surface area contributed by atoms with Crippen LogP contribution in [0, 0.1) is 0 Å². The summed E-state index contributed by atoms with van der Waals surface area (Å²) in [6, 6.07) is 4.83. The van der Waals surface area contributed by atoms with Gasteiger partial charge in [-0.2, -0.15) is 4.31 Å². The average molecular weight is 300 g/mol. The van der Waals surface area contributed by atoms with Crippen LogP contribution in [0.3, 0.4) is 0 Å². The quantitative estimate of drug-likeness (QED) is 0.886. The lowest BCUT2D eigenvalue weighted by Crippen LogP contribution is -2.51. The maximum Gasteiger partial charge on any atom is 0.243 e. The summed E-state index contributed by atoms with van der Waals surface area (Å²) in [4.78, 5) is 0.197. The summed E-state index contributed by atoms with van der Waals surface area (Å²) in [6.07, 6.45) is 0. The van der Waals surface area contributed by atoms with E-state index in [0.717, 1.165) is 0 Å². The fourth-order valence-electron chi connectivity index (χ4n) is 2.19. The molecule has 0 bridgehead atoms. The molecule has 6 nitrogen and oxygen atoms in total. The molecule has 1 aliphatic heterocycles. The molecule has 1 aromatic rings. The van der Waals surface area contributed by atoms with Gasteiger partial charge in [-0.25, -0.2) is 8.42 Å². The van der Waals surface area contributed by atoms with Gasteiger partial charge in [0, 0.05) is 43.9 Å². The summed E-state index contributed by atoms with van der Waals surface area (Å²) in [6.45, 7) is 3.55. The molecular weight excluding hydrogens is 280 g/mol. The monoisotopic (exact) mass is 300 g/mol. The summed E-state index contributed by atoms with van der Waals surface area (Å²) in [5, 5.41) is 3.23. The fourth-order valence-corrected chi connectivity index (χ4v) is 3.77. The minimum absolute atomic E-state index is 0.144. The molecule has 0 spiro atoms. The van der Waals surface area contributed by atoms with Gasteiger partial charge in [0.1, 0.15) is 11.5 Å². The van der Waals surface area contributed by atoms with Crippen LogP contribution in [0.25, 0.3) is 0 Å². The van der Waals surface area contributed by atoms with Gasteiger partial charge < -0.3 is 14.8 Å². The molecule has 2 rings (SSSR count). The van der Waals surface area contributed by atoms with Crippen molar-refractivity contribution in [2.75, 3.05) is 33.9 Å². The number of piperazine rings is 1. The second-order valence-corrected chi connectivity index (χ2v) is 6.70. The number of nitrogens with zero attached hydrogens (tertiary/aromatic N) is 1. The van der Waals surface area contributed by atoms with Crippen LogP contribution in [-0.4, -0.2) is 52.6 Å². The van der Waals surface area contributed by atoms with Crippen LogP contribution in [0.5, 0.6) is 11.5 Å². The summed E-state index contributed by atoms with van der Waals surface area (Å²) >= 11 is 0. The van der Waals surface area contributed by atoms with Gasteiger partial charge in [0.25, 0.3) is 0 Å². The zero-order valence-electron chi connectivity index (χ0n) is 11.9.